The van der Waals surface area contributed by atoms with Crippen LogP contribution in [0.25, 0.3) is 0 Å². The van der Waals surface area contributed by atoms with Gasteiger partial charge in [0, 0.05) is 14.7 Å². The lowest BCUT2D eigenvalue weighted by Crippen LogP contribution is -2.17. The number of rotatable bonds is 3. The summed E-state index contributed by atoms with van der Waals surface area (Å²) >= 11 is 2.23. The molecule has 0 unspecified atom stereocenters. The van der Waals surface area contributed by atoms with Crippen molar-refractivity contribution in [1.82, 2.24) is 5.43 Å². The highest BCUT2D eigenvalue weighted by atomic mass is 127. The smallest absolute Gasteiger partial charge is 0.267 e. The fourth-order valence-corrected chi connectivity index (χ4v) is 1.92. The molecule has 0 radical (unpaired) electrons. The molecule has 2 aromatic rings. The minimum absolute atomic E-state index is 0.210. The maximum absolute atomic E-state index is 11.7. The van der Waals surface area contributed by atoms with Crippen molar-refractivity contribution in [3.05, 3.63) is 69.3 Å². The minimum Gasteiger partial charge on any atom is -0.267 e. The molecule has 0 aliphatic rings. The van der Waals surface area contributed by atoms with Crippen molar-refractivity contribution in [2.75, 3.05) is 0 Å². The van der Waals surface area contributed by atoms with Gasteiger partial charge in [-0.2, -0.15) is 5.10 Å². The van der Waals surface area contributed by atoms with Crippen LogP contribution in [0.3, 0.4) is 0 Å². The molecule has 0 bridgehead atoms. The topological polar surface area (TPSA) is 41.5 Å². The zero-order valence-electron chi connectivity index (χ0n) is 9.51. The first-order valence-corrected chi connectivity index (χ1v) is 6.48. The standard InChI is InChI=1S/C14H11IN2O/c15-13-9-5-4-8-12(13)10-16-17-14(18)11-6-2-1-3-7-11/h1-10H,(H,17,18)/b16-10+. The Bertz CT molecular complexity index is 567. The van der Waals surface area contributed by atoms with E-state index in [1.54, 1.807) is 18.3 Å². The van der Waals surface area contributed by atoms with E-state index in [-0.39, 0.29) is 5.91 Å². The lowest BCUT2D eigenvalue weighted by Gasteiger charge is -1.99. The largest absolute Gasteiger partial charge is 0.271 e. The number of carbonyl (C=O) groups is 1. The van der Waals surface area contributed by atoms with Crippen LogP contribution in [0.4, 0.5) is 0 Å². The Morgan fingerprint density at radius 3 is 2.44 bits per heavy atom. The van der Waals surface area contributed by atoms with Crippen LogP contribution >= 0.6 is 22.6 Å². The predicted octanol–water partition coefficient (Wildman–Crippen LogP) is 3.06. The zero-order chi connectivity index (χ0) is 12.8. The van der Waals surface area contributed by atoms with Crippen LogP contribution < -0.4 is 5.43 Å². The van der Waals surface area contributed by atoms with Gasteiger partial charge in [-0.15, -0.1) is 0 Å². The molecule has 0 aromatic heterocycles. The van der Waals surface area contributed by atoms with Crippen molar-refractivity contribution in [3.63, 3.8) is 0 Å². The van der Waals surface area contributed by atoms with Crippen molar-refractivity contribution in [1.29, 1.82) is 0 Å². The molecule has 2 aromatic carbocycles. The molecule has 0 heterocycles. The van der Waals surface area contributed by atoms with E-state index in [9.17, 15) is 4.79 Å². The number of hydrazone groups is 1. The van der Waals surface area contributed by atoms with Gasteiger partial charge >= 0.3 is 0 Å². The Balaban J connectivity index is 2.00. The molecular formula is C14H11IN2O. The Hall–Kier alpha value is -1.69. The molecular weight excluding hydrogens is 339 g/mol. The summed E-state index contributed by atoms with van der Waals surface area (Å²) in [6.07, 6.45) is 1.64. The fraction of sp³-hybridized carbons (Fsp3) is 0. The van der Waals surface area contributed by atoms with Gasteiger partial charge in [-0.05, 0) is 40.8 Å². The number of carbonyl (C=O) groups excluding carboxylic acids is 1. The van der Waals surface area contributed by atoms with Gasteiger partial charge in [0.15, 0.2) is 0 Å². The number of nitrogens with zero attached hydrogens (tertiary/aromatic N) is 1. The lowest BCUT2D eigenvalue weighted by atomic mass is 10.2. The van der Waals surface area contributed by atoms with E-state index < -0.39 is 0 Å². The Morgan fingerprint density at radius 1 is 1.06 bits per heavy atom. The van der Waals surface area contributed by atoms with Gasteiger partial charge in [-0.3, -0.25) is 4.79 Å². The van der Waals surface area contributed by atoms with E-state index in [0.29, 0.717) is 5.56 Å². The van der Waals surface area contributed by atoms with Gasteiger partial charge in [0.25, 0.3) is 5.91 Å². The Labute approximate surface area is 119 Å². The third-order valence-electron chi connectivity index (χ3n) is 2.31. The molecule has 3 nitrogen and oxygen atoms in total. The molecule has 2 rings (SSSR count). The third-order valence-corrected chi connectivity index (χ3v) is 3.29. The first-order chi connectivity index (χ1) is 8.77. The molecule has 18 heavy (non-hydrogen) atoms. The Kier molecular flexibility index (Phi) is 4.46. The van der Waals surface area contributed by atoms with Crippen LogP contribution in [0.15, 0.2) is 59.7 Å². The van der Waals surface area contributed by atoms with Crippen molar-refractivity contribution in [2.45, 2.75) is 0 Å². The zero-order valence-corrected chi connectivity index (χ0v) is 11.7. The van der Waals surface area contributed by atoms with E-state index in [1.807, 2.05) is 42.5 Å². The van der Waals surface area contributed by atoms with Crippen LogP contribution in [0.1, 0.15) is 15.9 Å². The van der Waals surface area contributed by atoms with Crippen molar-refractivity contribution >= 4 is 34.7 Å². The second-order valence-electron chi connectivity index (χ2n) is 3.59. The summed E-state index contributed by atoms with van der Waals surface area (Å²) in [5.41, 5.74) is 4.07. The second-order valence-corrected chi connectivity index (χ2v) is 4.75. The number of hydrogen-bond donors (Lipinski definition) is 1. The van der Waals surface area contributed by atoms with Crippen LogP contribution in [0.5, 0.6) is 0 Å². The van der Waals surface area contributed by atoms with Crippen LogP contribution in [-0.2, 0) is 0 Å². The maximum atomic E-state index is 11.7. The number of benzene rings is 2. The SMILES string of the molecule is O=C(N/N=C/c1ccccc1I)c1ccccc1. The number of amides is 1. The molecule has 0 saturated heterocycles. The Morgan fingerprint density at radius 2 is 1.72 bits per heavy atom. The molecule has 0 spiro atoms. The summed E-state index contributed by atoms with van der Waals surface area (Å²) in [6.45, 7) is 0. The minimum atomic E-state index is -0.210. The first-order valence-electron chi connectivity index (χ1n) is 5.40. The van der Waals surface area contributed by atoms with E-state index in [1.165, 1.54) is 0 Å². The molecule has 4 heteroatoms. The highest BCUT2D eigenvalue weighted by Crippen LogP contribution is 2.08. The van der Waals surface area contributed by atoms with Crippen molar-refractivity contribution in [3.8, 4) is 0 Å². The highest BCUT2D eigenvalue weighted by Gasteiger charge is 2.01. The molecule has 0 fully saturated rings. The molecule has 0 aliphatic heterocycles. The summed E-state index contributed by atoms with van der Waals surface area (Å²) in [7, 11) is 0. The molecule has 1 amide bonds. The van der Waals surface area contributed by atoms with Crippen LogP contribution in [-0.4, -0.2) is 12.1 Å². The summed E-state index contributed by atoms with van der Waals surface area (Å²) in [5.74, 6) is -0.210. The fourth-order valence-electron chi connectivity index (χ4n) is 1.39. The number of nitrogens with one attached hydrogen (secondary N) is 1. The van der Waals surface area contributed by atoms with E-state index >= 15 is 0 Å². The predicted molar refractivity (Wildman–Crippen MR) is 80.7 cm³/mol. The quantitative estimate of drug-likeness (QED) is 0.516. The van der Waals surface area contributed by atoms with Gasteiger partial charge in [0.05, 0.1) is 6.21 Å². The lowest BCUT2D eigenvalue weighted by molar-refractivity contribution is 0.0955. The molecule has 90 valence electrons. The van der Waals surface area contributed by atoms with E-state index in [0.717, 1.165) is 9.13 Å². The summed E-state index contributed by atoms with van der Waals surface area (Å²) in [4.78, 5) is 11.7. The van der Waals surface area contributed by atoms with Gasteiger partial charge < -0.3 is 0 Å². The summed E-state index contributed by atoms with van der Waals surface area (Å²) in [6, 6.07) is 16.8. The molecule has 0 atom stereocenters. The van der Waals surface area contributed by atoms with Gasteiger partial charge in [0.1, 0.15) is 0 Å². The number of hydrogen-bond acceptors (Lipinski definition) is 2. The average Bonchev–Trinajstić information content (AvgIpc) is 2.42. The summed E-state index contributed by atoms with van der Waals surface area (Å²) < 4.78 is 1.09. The third kappa shape index (κ3) is 3.40. The molecule has 0 aliphatic carbocycles. The van der Waals surface area contributed by atoms with E-state index in [4.69, 9.17) is 0 Å². The van der Waals surface area contributed by atoms with E-state index in [2.05, 4.69) is 33.1 Å². The normalized spacial score (nSPS) is 10.5. The van der Waals surface area contributed by atoms with Gasteiger partial charge in [0.2, 0.25) is 0 Å². The van der Waals surface area contributed by atoms with Crippen molar-refractivity contribution in [2.24, 2.45) is 5.10 Å². The second kappa shape index (κ2) is 6.30. The van der Waals surface area contributed by atoms with Crippen LogP contribution in [0, 0.1) is 3.57 Å². The van der Waals surface area contributed by atoms with Crippen LogP contribution in [0.2, 0.25) is 0 Å². The molecule has 1 N–H and O–H groups in total. The van der Waals surface area contributed by atoms with Gasteiger partial charge in [-0.25, -0.2) is 5.43 Å². The summed E-state index contributed by atoms with van der Waals surface area (Å²) in [5, 5.41) is 3.95. The number of halogens is 1. The van der Waals surface area contributed by atoms with Gasteiger partial charge in [-0.1, -0.05) is 36.4 Å². The highest BCUT2D eigenvalue weighted by molar-refractivity contribution is 14.1. The first kappa shape index (κ1) is 12.8. The maximum Gasteiger partial charge on any atom is 0.271 e. The monoisotopic (exact) mass is 350 g/mol. The molecule has 0 saturated carbocycles. The average molecular weight is 350 g/mol. The van der Waals surface area contributed by atoms with Crippen molar-refractivity contribution < 1.29 is 4.79 Å².